The van der Waals surface area contributed by atoms with Gasteiger partial charge in [0.1, 0.15) is 17.6 Å². The van der Waals surface area contributed by atoms with E-state index in [0.717, 1.165) is 22.9 Å². The molecule has 1 atom stereocenters. The minimum atomic E-state index is -1.04. The van der Waals surface area contributed by atoms with Crippen molar-refractivity contribution >= 4 is 11.7 Å². The fourth-order valence-electron chi connectivity index (χ4n) is 1.71. The summed E-state index contributed by atoms with van der Waals surface area (Å²) in [5, 5.41) is 10.00. The minimum Gasteiger partial charge on any atom is -0.382 e. The molecule has 0 aliphatic rings. The first kappa shape index (κ1) is 11.2. The van der Waals surface area contributed by atoms with E-state index >= 15 is 0 Å². The topological polar surface area (TPSA) is 46.0 Å². The third-order valence-electron chi connectivity index (χ3n) is 2.41. The van der Waals surface area contributed by atoms with E-state index in [1.165, 1.54) is 12.3 Å². The third-order valence-corrected chi connectivity index (χ3v) is 2.90. The molecule has 0 fully saturated rings. The first-order valence-corrected chi connectivity index (χ1v) is 5.55. The Balaban J connectivity index is 2.48. The second-order valence-electron chi connectivity index (χ2n) is 3.71. The van der Waals surface area contributed by atoms with Crippen LogP contribution in [0.1, 0.15) is 28.5 Å². The van der Waals surface area contributed by atoms with Crippen LogP contribution in [0.3, 0.4) is 0 Å². The van der Waals surface area contributed by atoms with E-state index in [2.05, 4.69) is 8.75 Å². The Bertz CT molecular complexity index is 476. The van der Waals surface area contributed by atoms with E-state index in [-0.39, 0.29) is 5.56 Å². The highest BCUT2D eigenvalue weighted by Crippen LogP contribution is 2.27. The maximum absolute atomic E-state index is 13.7. The van der Waals surface area contributed by atoms with Crippen molar-refractivity contribution < 1.29 is 9.50 Å². The second-order valence-corrected chi connectivity index (χ2v) is 4.27. The van der Waals surface area contributed by atoms with E-state index in [1.54, 1.807) is 6.92 Å². The van der Waals surface area contributed by atoms with Crippen LogP contribution in [0.25, 0.3) is 0 Å². The molecule has 0 aliphatic heterocycles. The number of aromatic nitrogens is 2. The average molecular weight is 238 g/mol. The molecule has 84 valence electrons. The van der Waals surface area contributed by atoms with Crippen LogP contribution < -0.4 is 0 Å². The van der Waals surface area contributed by atoms with Crippen LogP contribution in [0, 0.1) is 19.7 Å². The van der Waals surface area contributed by atoms with E-state index < -0.39 is 11.9 Å². The smallest absolute Gasteiger partial charge is 0.129 e. The van der Waals surface area contributed by atoms with Crippen molar-refractivity contribution in [2.24, 2.45) is 0 Å². The van der Waals surface area contributed by atoms with Gasteiger partial charge in [0.2, 0.25) is 0 Å². The van der Waals surface area contributed by atoms with Gasteiger partial charge in [0.25, 0.3) is 0 Å². The lowest BCUT2D eigenvalue weighted by molar-refractivity contribution is 0.210. The Labute approximate surface area is 96.9 Å². The predicted molar refractivity (Wildman–Crippen MR) is 59.8 cm³/mol. The second kappa shape index (κ2) is 4.27. The lowest BCUT2D eigenvalue weighted by Gasteiger charge is -2.13. The first-order valence-electron chi connectivity index (χ1n) is 4.81. The molecule has 1 aromatic carbocycles. The molecule has 1 unspecified atom stereocenters. The summed E-state index contributed by atoms with van der Waals surface area (Å²) in [6.45, 7) is 3.59. The number of halogens is 1. The molecular formula is C11H11FN2OS. The van der Waals surface area contributed by atoms with Gasteiger partial charge in [-0.3, -0.25) is 0 Å². The van der Waals surface area contributed by atoms with Crippen LogP contribution in [-0.4, -0.2) is 13.9 Å². The zero-order valence-electron chi connectivity index (χ0n) is 8.94. The Morgan fingerprint density at radius 3 is 2.69 bits per heavy atom. The largest absolute Gasteiger partial charge is 0.382 e. The number of hydrogen-bond acceptors (Lipinski definition) is 4. The highest BCUT2D eigenvalue weighted by Gasteiger charge is 2.19. The van der Waals surface area contributed by atoms with Crippen molar-refractivity contribution in [2.75, 3.05) is 0 Å². The number of aliphatic hydroxyl groups excluding tert-OH is 1. The molecule has 0 saturated heterocycles. The quantitative estimate of drug-likeness (QED) is 0.873. The van der Waals surface area contributed by atoms with Gasteiger partial charge < -0.3 is 5.11 Å². The molecule has 16 heavy (non-hydrogen) atoms. The SMILES string of the molecule is Cc1cc(C)c(C(O)c2cnsn2)c(F)c1. The van der Waals surface area contributed by atoms with Gasteiger partial charge >= 0.3 is 0 Å². The molecule has 1 N–H and O–H groups in total. The van der Waals surface area contributed by atoms with Gasteiger partial charge in [0.05, 0.1) is 17.9 Å². The number of aliphatic hydroxyl groups is 1. The van der Waals surface area contributed by atoms with Crippen LogP contribution in [-0.2, 0) is 0 Å². The zero-order valence-corrected chi connectivity index (χ0v) is 9.75. The van der Waals surface area contributed by atoms with E-state index in [0.29, 0.717) is 5.69 Å². The molecular weight excluding hydrogens is 227 g/mol. The normalized spacial score (nSPS) is 12.8. The van der Waals surface area contributed by atoms with Crippen LogP contribution in [0.2, 0.25) is 0 Å². The summed E-state index contributed by atoms with van der Waals surface area (Å²) in [6, 6.07) is 3.24. The summed E-state index contributed by atoms with van der Waals surface area (Å²) in [5.41, 5.74) is 2.22. The zero-order chi connectivity index (χ0) is 11.7. The lowest BCUT2D eigenvalue weighted by atomic mass is 9.99. The predicted octanol–water partition coefficient (Wildman–Crippen LogP) is 2.38. The lowest BCUT2D eigenvalue weighted by Crippen LogP contribution is -2.06. The van der Waals surface area contributed by atoms with Gasteiger partial charge in [-0.15, -0.1) is 0 Å². The van der Waals surface area contributed by atoms with E-state index in [9.17, 15) is 9.50 Å². The molecule has 0 aliphatic carbocycles. The molecule has 5 heteroatoms. The Morgan fingerprint density at radius 2 is 2.12 bits per heavy atom. The summed E-state index contributed by atoms with van der Waals surface area (Å²) >= 11 is 0.995. The number of hydrogen-bond donors (Lipinski definition) is 1. The molecule has 0 amide bonds. The third kappa shape index (κ3) is 1.96. The highest BCUT2D eigenvalue weighted by atomic mass is 32.1. The molecule has 0 radical (unpaired) electrons. The summed E-state index contributed by atoms with van der Waals surface area (Å²) < 4.78 is 21.5. The first-order chi connectivity index (χ1) is 7.59. The highest BCUT2D eigenvalue weighted by molar-refractivity contribution is 6.99. The molecule has 0 saturated carbocycles. The number of aryl methyl sites for hydroxylation is 2. The summed E-state index contributed by atoms with van der Waals surface area (Å²) in [7, 11) is 0. The van der Waals surface area contributed by atoms with Gasteiger partial charge in [-0.2, -0.15) is 8.75 Å². The van der Waals surface area contributed by atoms with Crippen molar-refractivity contribution in [3.05, 3.63) is 46.5 Å². The monoisotopic (exact) mass is 238 g/mol. The number of nitrogens with zero attached hydrogens (tertiary/aromatic N) is 2. The van der Waals surface area contributed by atoms with Gasteiger partial charge in [-0.1, -0.05) is 6.07 Å². The summed E-state index contributed by atoms with van der Waals surface area (Å²) in [5.74, 6) is -0.405. The molecule has 3 nitrogen and oxygen atoms in total. The van der Waals surface area contributed by atoms with E-state index in [4.69, 9.17) is 0 Å². The van der Waals surface area contributed by atoms with Crippen LogP contribution in [0.15, 0.2) is 18.3 Å². The van der Waals surface area contributed by atoms with Gasteiger partial charge in [-0.25, -0.2) is 4.39 Å². The van der Waals surface area contributed by atoms with Crippen LogP contribution in [0.4, 0.5) is 4.39 Å². The molecule has 0 bridgehead atoms. The maximum atomic E-state index is 13.7. The van der Waals surface area contributed by atoms with Crippen molar-refractivity contribution in [3.63, 3.8) is 0 Å². The van der Waals surface area contributed by atoms with Crippen LogP contribution in [0.5, 0.6) is 0 Å². The van der Waals surface area contributed by atoms with E-state index in [1.807, 2.05) is 13.0 Å². The van der Waals surface area contributed by atoms with Crippen LogP contribution >= 0.6 is 11.7 Å². The van der Waals surface area contributed by atoms with Crippen molar-refractivity contribution in [2.45, 2.75) is 20.0 Å². The Kier molecular flexibility index (Phi) is 2.98. The average Bonchev–Trinajstić information content (AvgIpc) is 2.67. The standard InChI is InChI=1S/C11H11FN2OS/c1-6-3-7(2)10(8(12)4-6)11(15)9-5-13-16-14-9/h3-5,11,15H,1-2H3. The van der Waals surface area contributed by atoms with Crippen molar-refractivity contribution in [3.8, 4) is 0 Å². The van der Waals surface area contributed by atoms with Gasteiger partial charge in [0.15, 0.2) is 0 Å². The minimum absolute atomic E-state index is 0.276. The Morgan fingerprint density at radius 1 is 1.38 bits per heavy atom. The maximum Gasteiger partial charge on any atom is 0.129 e. The fraction of sp³-hybridized carbons (Fsp3) is 0.273. The molecule has 1 heterocycles. The molecule has 0 spiro atoms. The van der Waals surface area contributed by atoms with Gasteiger partial charge in [0, 0.05) is 5.56 Å². The van der Waals surface area contributed by atoms with Crippen molar-refractivity contribution in [1.29, 1.82) is 0 Å². The molecule has 2 aromatic rings. The number of benzene rings is 1. The molecule has 1 aromatic heterocycles. The summed E-state index contributed by atoms with van der Waals surface area (Å²) in [4.78, 5) is 0. The number of rotatable bonds is 2. The fourth-order valence-corrected chi connectivity index (χ4v) is 2.16. The Hall–Kier alpha value is -1.33. The molecule has 2 rings (SSSR count). The summed E-state index contributed by atoms with van der Waals surface area (Å²) in [6.07, 6.45) is 0.410. The van der Waals surface area contributed by atoms with Gasteiger partial charge in [-0.05, 0) is 31.0 Å². The van der Waals surface area contributed by atoms with Crippen molar-refractivity contribution in [1.82, 2.24) is 8.75 Å².